The highest BCUT2D eigenvalue weighted by molar-refractivity contribution is 9.10. The van der Waals surface area contributed by atoms with E-state index in [4.69, 9.17) is 0 Å². The Morgan fingerprint density at radius 1 is 1.47 bits per heavy atom. The molecule has 1 aromatic carbocycles. The van der Waals surface area contributed by atoms with Crippen molar-refractivity contribution in [2.75, 3.05) is 5.32 Å². The third kappa shape index (κ3) is 3.13. The molecule has 0 saturated heterocycles. The second-order valence-electron chi connectivity index (χ2n) is 3.54. The summed E-state index contributed by atoms with van der Waals surface area (Å²) >= 11 is 3.40. The summed E-state index contributed by atoms with van der Waals surface area (Å²) < 4.78 is 0.925. The molecular formula is C11H11BrN4O. The molecule has 17 heavy (non-hydrogen) atoms. The fourth-order valence-electron chi connectivity index (χ4n) is 1.40. The average Bonchev–Trinajstić information content (AvgIpc) is 2.67. The van der Waals surface area contributed by atoms with Gasteiger partial charge in [0.05, 0.1) is 12.6 Å². The first-order valence-corrected chi connectivity index (χ1v) is 5.84. The van der Waals surface area contributed by atoms with Gasteiger partial charge in [0.25, 0.3) is 0 Å². The highest BCUT2D eigenvalue weighted by Crippen LogP contribution is 2.16. The monoisotopic (exact) mass is 294 g/mol. The summed E-state index contributed by atoms with van der Waals surface area (Å²) in [6.07, 6.45) is 1.82. The number of anilines is 1. The van der Waals surface area contributed by atoms with E-state index >= 15 is 0 Å². The normalized spacial score (nSPS) is 10.2. The summed E-state index contributed by atoms with van der Waals surface area (Å²) in [6, 6.07) is 7.62. The zero-order chi connectivity index (χ0) is 12.3. The second kappa shape index (κ2) is 5.09. The van der Waals surface area contributed by atoms with Crippen molar-refractivity contribution in [3.63, 3.8) is 0 Å². The van der Waals surface area contributed by atoms with Crippen LogP contribution in [0, 0.1) is 0 Å². The summed E-state index contributed by atoms with van der Waals surface area (Å²) in [5.74, 6) is 0.349. The SMILES string of the molecule is Cn1ncc(NC(=O)Cc2ccccc2Br)n1. The molecule has 0 aliphatic rings. The van der Waals surface area contributed by atoms with Gasteiger partial charge in [0.15, 0.2) is 5.82 Å². The Morgan fingerprint density at radius 3 is 2.88 bits per heavy atom. The Balaban J connectivity index is 2.01. The lowest BCUT2D eigenvalue weighted by atomic mass is 10.1. The number of hydrogen-bond acceptors (Lipinski definition) is 3. The maximum absolute atomic E-state index is 11.7. The van der Waals surface area contributed by atoms with E-state index in [0.717, 1.165) is 10.0 Å². The van der Waals surface area contributed by atoms with Crippen LogP contribution in [0.25, 0.3) is 0 Å². The van der Waals surface area contributed by atoms with Crippen LogP contribution >= 0.6 is 15.9 Å². The minimum absolute atomic E-state index is 0.114. The van der Waals surface area contributed by atoms with Gasteiger partial charge in [-0.2, -0.15) is 9.90 Å². The molecule has 0 radical (unpaired) electrons. The molecule has 0 unspecified atom stereocenters. The van der Waals surface area contributed by atoms with Gasteiger partial charge in [-0.15, -0.1) is 5.10 Å². The Morgan fingerprint density at radius 2 is 2.24 bits per heavy atom. The molecule has 5 nitrogen and oxygen atoms in total. The van der Waals surface area contributed by atoms with Crippen LogP contribution < -0.4 is 5.32 Å². The van der Waals surface area contributed by atoms with Gasteiger partial charge in [0, 0.05) is 11.5 Å². The van der Waals surface area contributed by atoms with Crippen molar-refractivity contribution in [2.24, 2.45) is 7.05 Å². The number of hydrogen-bond donors (Lipinski definition) is 1. The molecule has 1 aromatic heterocycles. The summed E-state index contributed by atoms with van der Waals surface area (Å²) in [7, 11) is 1.70. The van der Waals surface area contributed by atoms with E-state index in [1.807, 2.05) is 24.3 Å². The maximum atomic E-state index is 11.7. The summed E-state index contributed by atoms with van der Waals surface area (Å²) in [5, 5.41) is 10.5. The first-order chi connectivity index (χ1) is 8.15. The van der Waals surface area contributed by atoms with Gasteiger partial charge in [-0.1, -0.05) is 34.1 Å². The van der Waals surface area contributed by atoms with Gasteiger partial charge in [-0.3, -0.25) is 4.79 Å². The van der Waals surface area contributed by atoms with Gasteiger partial charge in [0.2, 0.25) is 5.91 Å². The molecule has 1 amide bonds. The number of benzene rings is 1. The predicted molar refractivity (Wildman–Crippen MR) is 67.5 cm³/mol. The summed E-state index contributed by atoms with van der Waals surface area (Å²) in [4.78, 5) is 13.1. The Bertz CT molecular complexity index is 538. The van der Waals surface area contributed by atoms with Crippen LogP contribution in [0.1, 0.15) is 5.56 Å². The molecule has 1 N–H and O–H groups in total. The molecule has 0 atom stereocenters. The standard InChI is InChI=1S/C11H11BrN4O/c1-16-13-7-10(15-16)14-11(17)6-8-4-2-3-5-9(8)12/h2-5,7H,6H2,1H3,(H,14,15,17). The van der Waals surface area contributed by atoms with Crippen LogP contribution in [0.2, 0.25) is 0 Å². The fraction of sp³-hybridized carbons (Fsp3) is 0.182. The number of rotatable bonds is 3. The highest BCUT2D eigenvalue weighted by atomic mass is 79.9. The Hall–Kier alpha value is -1.69. The van der Waals surface area contributed by atoms with E-state index in [-0.39, 0.29) is 5.91 Å². The number of nitrogens with zero attached hydrogens (tertiary/aromatic N) is 3. The minimum Gasteiger partial charge on any atom is -0.308 e. The lowest BCUT2D eigenvalue weighted by Gasteiger charge is -2.03. The van der Waals surface area contributed by atoms with Crippen LogP contribution in [0.4, 0.5) is 5.82 Å². The molecule has 0 aliphatic heterocycles. The van der Waals surface area contributed by atoms with Crippen molar-refractivity contribution in [1.82, 2.24) is 15.0 Å². The number of carbonyl (C=O) groups is 1. The smallest absolute Gasteiger partial charge is 0.230 e. The number of amides is 1. The Labute approximate surface area is 107 Å². The van der Waals surface area contributed by atoms with Crippen molar-refractivity contribution in [3.8, 4) is 0 Å². The zero-order valence-electron chi connectivity index (χ0n) is 9.22. The molecular weight excluding hydrogens is 284 g/mol. The second-order valence-corrected chi connectivity index (χ2v) is 4.39. The van der Waals surface area contributed by atoms with E-state index < -0.39 is 0 Å². The predicted octanol–water partition coefficient (Wildman–Crippen LogP) is 1.76. The lowest BCUT2D eigenvalue weighted by molar-refractivity contribution is -0.115. The molecule has 0 saturated carbocycles. The minimum atomic E-state index is -0.114. The molecule has 88 valence electrons. The molecule has 0 fully saturated rings. The van der Waals surface area contributed by atoms with E-state index in [1.165, 1.54) is 11.0 Å². The van der Waals surface area contributed by atoms with Crippen LogP contribution in [-0.2, 0) is 18.3 Å². The third-order valence-electron chi connectivity index (χ3n) is 2.18. The van der Waals surface area contributed by atoms with Crippen LogP contribution in [0.15, 0.2) is 34.9 Å². The van der Waals surface area contributed by atoms with Crippen molar-refractivity contribution < 1.29 is 4.79 Å². The van der Waals surface area contributed by atoms with Gasteiger partial charge < -0.3 is 5.32 Å². The average molecular weight is 295 g/mol. The topological polar surface area (TPSA) is 59.8 Å². The van der Waals surface area contributed by atoms with Gasteiger partial charge in [0.1, 0.15) is 0 Å². The van der Waals surface area contributed by atoms with E-state index in [9.17, 15) is 4.79 Å². The number of aromatic nitrogens is 3. The fourth-order valence-corrected chi connectivity index (χ4v) is 1.83. The molecule has 6 heteroatoms. The van der Waals surface area contributed by atoms with E-state index in [2.05, 4.69) is 31.4 Å². The molecule has 2 rings (SSSR count). The number of carbonyl (C=O) groups excluding carboxylic acids is 1. The van der Waals surface area contributed by atoms with Crippen molar-refractivity contribution in [2.45, 2.75) is 6.42 Å². The van der Waals surface area contributed by atoms with Gasteiger partial charge in [-0.05, 0) is 11.6 Å². The first kappa shape index (κ1) is 11.8. The summed E-state index contributed by atoms with van der Waals surface area (Å²) in [6.45, 7) is 0. The van der Waals surface area contributed by atoms with Crippen molar-refractivity contribution in [3.05, 3.63) is 40.5 Å². The molecule has 1 heterocycles. The van der Waals surface area contributed by atoms with Gasteiger partial charge >= 0.3 is 0 Å². The van der Waals surface area contributed by atoms with Gasteiger partial charge in [-0.25, -0.2) is 0 Å². The van der Waals surface area contributed by atoms with Crippen molar-refractivity contribution >= 4 is 27.7 Å². The summed E-state index contributed by atoms with van der Waals surface area (Å²) in [5.41, 5.74) is 0.939. The molecule has 0 aliphatic carbocycles. The number of nitrogens with one attached hydrogen (secondary N) is 1. The largest absolute Gasteiger partial charge is 0.308 e. The molecule has 0 bridgehead atoms. The van der Waals surface area contributed by atoms with Crippen LogP contribution in [0.3, 0.4) is 0 Å². The number of halogens is 1. The lowest BCUT2D eigenvalue weighted by Crippen LogP contribution is -2.15. The molecule has 2 aromatic rings. The number of aryl methyl sites for hydroxylation is 1. The first-order valence-electron chi connectivity index (χ1n) is 5.05. The van der Waals surface area contributed by atoms with Crippen LogP contribution in [-0.4, -0.2) is 20.9 Å². The maximum Gasteiger partial charge on any atom is 0.230 e. The van der Waals surface area contributed by atoms with E-state index in [0.29, 0.717) is 12.2 Å². The van der Waals surface area contributed by atoms with Crippen LogP contribution in [0.5, 0.6) is 0 Å². The Kier molecular flexibility index (Phi) is 3.53. The third-order valence-corrected chi connectivity index (χ3v) is 2.95. The van der Waals surface area contributed by atoms with Crippen molar-refractivity contribution in [1.29, 1.82) is 0 Å². The molecule has 0 spiro atoms. The highest BCUT2D eigenvalue weighted by Gasteiger charge is 2.08. The zero-order valence-corrected chi connectivity index (χ0v) is 10.8. The quantitative estimate of drug-likeness (QED) is 0.938. The van der Waals surface area contributed by atoms with E-state index in [1.54, 1.807) is 7.05 Å².